The number of phenols is 1. The first kappa shape index (κ1) is 18.8. The molecule has 2 aromatic carbocycles. The van der Waals surface area contributed by atoms with E-state index in [9.17, 15) is 20.0 Å². The number of carbonyl (C=O) groups excluding carboxylic acids is 1. The van der Waals surface area contributed by atoms with Crippen LogP contribution in [0.1, 0.15) is 27.2 Å². The third-order valence-corrected chi connectivity index (χ3v) is 3.89. The van der Waals surface area contributed by atoms with Crippen molar-refractivity contribution >= 4 is 17.8 Å². The highest BCUT2D eigenvalue weighted by Gasteiger charge is 2.11. The number of aryl methyl sites for hydroxylation is 1. The second-order valence-corrected chi connectivity index (χ2v) is 6.09. The minimum Gasteiger partial charge on any atom is -0.507 e. The summed E-state index contributed by atoms with van der Waals surface area (Å²) in [6, 6.07) is 13.1. The van der Waals surface area contributed by atoms with Gasteiger partial charge in [0.05, 0.1) is 17.7 Å². The van der Waals surface area contributed by atoms with Crippen LogP contribution in [0, 0.1) is 17.0 Å². The summed E-state index contributed by atoms with van der Waals surface area (Å²) in [5, 5.41) is 28.4. The molecular formula is C19H17N5O4. The zero-order valence-electron chi connectivity index (χ0n) is 14.9. The fourth-order valence-electron chi connectivity index (χ4n) is 2.55. The summed E-state index contributed by atoms with van der Waals surface area (Å²) in [6.45, 7) is 2.53. The molecule has 0 saturated heterocycles. The van der Waals surface area contributed by atoms with E-state index in [0.717, 1.165) is 23.4 Å². The van der Waals surface area contributed by atoms with Gasteiger partial charge in [0.15, 0.2) is 5.69 Å². The highest BCUT2D eigenvalue weighted by atomic mass is 16.6. The number of nitro benzene ring substituents is 1. The lowest BCUT2D eigenvalue weighted by atomic mass is 10.1. The number of nitro groups is 1. The molecule has 3 aromatic rings. The van der Waals surface area contributed by atoms with Crippen LogP contribution < -0.4 is 5.43 Å². The van der Waals surface area contributed by atoms with Crippen LogP contribution in [0.3, 0.4) is 0 Å². The Morgan fingerprint density at radius 1 is 1.32 bits per heavy atom. The van der Waals surface area contributed by atoms with Crippen molar-refractivity contribution in [2.24, 2.45) is 5.10 Å². The summed E-state index contributed by atoms with van der Waals surface area (Å²) in [4.78, 5) is 22.3. The van der Waals surface area contributed by atoms with Crippen LogP contribution >= 0.6 is 0 Å². The van der Waals surface area contributed by atoms with Gasteiger partial charge in [-0.2, -0.15) is 10.2 Å². The van der Waals surface area contributed by atoms with E-state index in [1.54, 1.807) is 16.9 Å². The maximum absolute atomic E-state index is 12.1. The van der Waals surface area contributed by atoms with Gasteiger partial charge in [0, 0.05) is 23.9 Å². The minimum absolute atomic E-state index is 0.111. The van der Waals surface area contributed by atoms with Gasteiger partial charge >= 0.3 is 0 Å². The van der Waals surface area contributed by atoms with Crippen molar-refractivity contribution in [3.05, 3.63) is 87.2 Å². The van der Waals surface area contributed by atoms with Crippen LogP contribution in [-0.2, 0) is 6.54 Å². The molecule has 1 amide bonds. The molecule has 142 valence electrons. The molecule has 9 nitrogen and oxygen atoms in total. The Balaban J connectivity index is 1.64. The molecule has 3 rings (SSSR count). The Morgan fingerprint density at radius 3 is 2.89 bits per heavy atom. The molecule has 0 fully saturated rings. The Morgan fingerprint density at radius 2 is 2.14 bits per heavy atom. The number of phenolic OH excluding ortho intramolecular Hbond substituents is 1. The monoisotopic (exact) mass is 379 g/mol. The van der Waals surface area contributed by atoms with Crippen LogP contribution in [0.2, 0.25) is 0 Å². The molecule has 0 unspecified atom stereocenters. The van der Waals surface area contributed by atoms with E-state index in [1.807, 2.05) is 31.2 Å². The first-order chi connectivity index (χ1) is 13.4. The third kappa shape index (κ3) is 4.58. The summed E-state index contributed by atoms with van der Waals surface area (Å²) in [6.07, 6.45) is 2.82. The molecule has 2 N–H and O–H groups in total. The third-order valence-electron chi connectivity index (χ3n) is 3.89. The standard InChI is InChI=1S/C19H17N5O4/c1-13-3-2-4-14(9-13)12-23-8-7-17(22-23)19(26)21-20-11-15-10-16(24(27)28)5-6-18(15)25/h2-11,25H,12H2,1H3,(H,21,26). The van der Waals surface area contributed by atoms with E-state index in [0.29, 0.717) is 6.54 Å². The number of non-ortho nitro benzene ring substituents is 1. The quantitative estimate of drug-likeness (QED) is 0.387. The van der Waals surface area contributed by atoms with Gasteiger partial charge in [-0.1, -0.05) is 29.8 Å². The molecule has 1 aromatic heterocycles. The number of nitrogens with zero attached hydrogens (tertiary/aromatic N) is 4. The summed E-state index contributed by atoms with van der Waals surface area (Å²) < 4.78 is 1.64. The number of hydrogen-bond acceptors (Lipinski definition) is 6. The average Bonchev–Trinajstić information content (AvgIpc) is 3.11. The molecule has 0 aliphatic rings. The number of amides is 1. The largest absolute Gasteiger partial charge is 0.507 e. The first-order valence-corrected chi connectivity index (χ1v) is 8.32. The molecule has 1 heterocycles. The normalized spacial score (nSPS) is 10.9. The highest BCUT2D eigenvalue weighted by molar-refractivity contribution is 5.93. The Kier molecular flexibility index (Phi) is 5.45. The lowest BCUT2D eigenvalue weighted by Gasteiger charge is -2.03. The van der Waals surface area contributed by atoms with E-state index in [2.05, 4.69) is 15.6 Å². The topological polar surface area (TPSA) is 123 Å². The van der Waals surface area contributed by atoms with Gasteiger partial charge in [0.25, 0.3) is 11.6 Å². The average molecular weight is 379 g/mol. The van der Waals surface area contributed by atoms with Gasteiger partial charge in [-0.25, -0.2) is 5.43 Å². The summed E-state index contributed by atoms with van der Waals surface area (Å²) in [5.74, 6) is -0.727. The number of aromatic hydroxyl groups is 1. The fourth-order valence-corrected chi connectivity index (χ4v) is 2.55. The second kappa shape index (κ2) is 8.12. The van der Waals surface area contributed by atoms with E-state index >= 15 is 0 Å². The number of nitrogens with one attached hydrogen (secondary N) is 1. The smallest absolute Gasteiger partial charge is 0.291 e. The van der Waals surface area contributed by atoms with Crippen LogP contribution in [0.15, 0.2) is 59.8 Å². The van der Waals surface area contributed by atoms with Crippen LogP contribution in [0.5, 0.6) is 5.75 Å². The molecule has 9 heteroatoms. The predicted octanol–water partition coefficient (Wildman–Crippen LogP) is 2.62. The van der Waals surface area contributed by atoms with Crippen molar-refractivity contribution in [2.75, 3.05) is 0 Å². The second-order valence-electron chi connectivity index (χ2n) is 6.09. The first-order valence-electron chi connectivity index (χ1n) is 8.32. The van der Waals surface area contributed by atoms with Gasteiger partial charge in [-0.15, -0.1) is 0 Å². The van der Waals surface area contributed by atoms with Crippen molar-refractivity contribution in [3.8, 4) is 5.75 Å². The Hall–Kier alpha value is -4.01. The molecule has 0 spiro atoms. The molecule has 0 saturated carbocycles. The number of benzene rings is 2. The zero-order chi connectivity index (χ0) is 20.1. The maximum Gasteiger partial charge on any atom is 0.291 e. The number of aromatic nitrogens is 2. The van der Waals surface area contributed by atoms with Crippen molar-refractivity contribution in [3.63, 3.8) is 0 Å². The van der Waals surface area contributed by atoms with Crippen LogP contribution in [0.4, 0.5) is 5.69 Å². The minimum atomic E-state index is -0.587. The lowest BCUT2D eigenvalue weighted by Crippen LogP contribution is -2.18. The molecule has 0 radical (unpaired) electrons. The molecule has 0 aliphatic heterocycles. The van der Waals surface area contributed by atoms with Gasteiger partial charge in [0.1, 0.15) is 5.75 Å². The number of carbonyl (C=O) groups is 1. The van der Waals surface area contributed by atoms with Crippen LogP contribution in [-0.4, -0.2) is 31.9 Å². The van der Waals surface area contributed by atoms with Crippen molar-refractivity contribution in [1.29, 1.82) is 0 Å². The maximum atomic E-state index is 12.1. The molecule has 0 aliphatic carbocycles. The van der Waals surface area contributed by atoms with E-state index < -0.39 is 10.8 Å². The Bertz CT molecular complexity index is 1060. The van der Waals surface area contributed by atoms with Crippen molar-refractivity contribution < 1.29 is 14.8 Å². The van der Waals surface area contributed by atoms with Crippen molar-refractivity contribution in [1.82, 2.24) is 15.2 Å². The van der Waals surface area contributed by atoms with E-state index in [4.69, 9.17) is 0 Å². The fraction of sp³-hybridized carbons (Fsp3) is 0.105. The van der Waals surface area contributed by atoms with E-state index in [-0.39, 0.29) is 22.7 Å². The molecule has 0 bridgehead atoms. The number of hydrazone groups is 1. The highest BCUT2D eigenvalue weighted by Crippen LogP contribution is 2.21. The van der Waals surface area contributed by atoms with Crippen molar-refractivity contribution in [2.45, 2.75) is 13.5 Å². The van der Waals surface area contributed by atoms with Gasteiger partial charge in [-0.3, -0.25) is 19.6 Å². The van der Waals surface area contributed by atoms with Crippen LogP contribution in [0.25, 0.3) is 0 Å². The number of rotatable bonds is 6. The number of hydrogen-bond donors (Lipinski definition) is 2. The van der Waals surface area contributed by atoms with E-state index in [1.165, 1.54) is 12.1 Å². The summed E-state index contributed by atoms with van der Waals surface area (Å²) in [5.41, 5.74) is 4.58. The molecular weight excluding hydrogens is 362 g/mol. The predicted molar refractivity (Wildman–Crippen MR) is 102 cm³/mol. The van der Waals surface area contributed by atoms with Gasteiger partial charge in [0.2, 0.25) is 0 Å². The zero-order valence-corrected chi connectivity index (χ0v) is 14.9. The van der Waals surface area contributed by atoms with Gasteiger partial charge in [-0.05, 0) is 24.6 Å². The Labute approximate surface area is 160 Å². The molecule has 0 atom stereocenters. The summed E-state index contributed by atoms with van der Waals surface area (Å²) >= 11 is 0. The SMILES string of the molecule is Cc1cccc(Cn2ccc(C(=O)NN=Cc3cc([N+](=O)[O-])ccc3O)n2)c1. The molecule has 28 heavy (non-hydrogen) atoms. The van der Waals surface area contributed by atoms with Gasteiger partial charge < -0.3 is 5.11 Å². The lowest BCUT2D eigenvalue weighted by molar-refractivity contribution is -0.384. The summed E-state index contributed by atoms with van der Waals surface area (Å²) in [7, 11) is 0.